The lowest BCUT2D eigenvalue weighted by molar-refractivity contribution is 0.0635. The van der Waals surface area contributed by atoms with Crippen molar-refractivity contribution in [3.8, 4) is 5.75 Å². The van der Waals surface area contributed by atoms with Gasteiger partial charge in [0.25, 0.3) is 0 Å². The largest absolute Gasteiger partial charge is 0.487 e. The minimum atomic E-state index is -0.568. The van der Waals surface area contributed by atoms with Crippen LogP contribution in [0.1, 0.15) is 36.7 Å². The first-order valence-corrected chi connectivity index (χ1v) is 7.69. The zero-order valence-electron chi connectivity index (χ0n) is 14.4. The number of pyridine rings is 1. The molecular formula is C18H21N3O4. The van der Waals surface area contributed by atoms with Crippen LogP contribution in [0.4, 0.5) is 10.5 Å². The summed E-state index contributed by atoms with van der Waals surface area (Å²) >= 11 is 0. The fraction of sp³-hybridized carbons (Fsp3) is 0.278. The smallest absolute Gasteiger partial charge is 0.412 e. The van der Waals surface area contributed by atoms with Crippen LogP contribution in [0.15, 0.2) is 42.7 Å². The standard InChI is InChI=1S/C18H21N3O4/c1-18(2,3)25-17(23)21-14-6-4-5-12(7-14)11-24-15-8-13(16(19)22)9-20-10-15/h4-10H,11H2,1-3H3,(H2,19,22)(H,21,23). The predicted octanol–water partition coefficient (Wildman–Crippen LogP) is 3.11. The van der Waals surface area contributed by atoms with E-state index < -0.39 is 17.6 Å². The number of anilines is 1. The zero-order valence-corrected chi connectivity index (χ0v) is 14.4. The van der Waals surface area contributed by atoms with Crippen molar-refractivity contribution in [1.82, 2.24) is 4.98 Å². The molecule has 25 heavy (non-hydrogen) atoms. The van der Waals surface area contributed by atoms with Gasteiger partial charge in [0.2, 0.25) is 5.91 Å². The Morgan fingerprint density at radius 3 is 2.64 bits per heavy atom. The van der Waals surface area contributed by atoms with Gasteiger partial charge in [-0.1, -0.05) is 12.1 Å². The molecule has 0 aliphatic rings. The van der Waals surface area contributed by atoms with Crippen molar-refractivity contribution in [3.05, 3.63) is 53.9 Å². The number of nitrogens with two attached hydrogens (primary N) is 1. The van der Waals surface area contributed by atoms with Crippen LogP contribution in [-0.4, -0.2) is 22.6 Å². The molecule has 132 valence electrons. The molecule has 2 aromatic rings. The molecule has 0 aliphatic heterocycles. The van der Waals surface area contributed by atoms with Crippen molar-refractivity contribution < 1.29 is 19.1 Å². The van der Waals surface area contributed by atoms with Gasteiger partial charge in [0.1, 0.15) is 18.0 Å². The van der Waals surface area contributed by atoms with E-state index in [-0.39, 0.29) is 12.2 Å². The Hall–Kier alpha value is -3.09. The molecular weight excluding hydrogens is 322 g/mol. The van der Waals surface area contributed by atoms with E-state index in [1.165, 1.54) is 18.5 Å². The minimum Gasteiger partial charge on any atom is -0.487 e. The Balaban J connectivity index is 1.98. The van der Waals surface area contributed by atoms with Gasteiger partial charge in [0, 0.05) is 11.9 Å². The quantitative estimate of drug-likeness (QED) is 0.868. The highest BCUT2D eigenvalue weighted by molar-refractivity contribution is 5.92. The summed E-state index contributed by atoms with van der Waals surface area (Å²) in [4.78, 5) is 26.9. The number of ether oxygens (including phenoxy) is 2. The molecule has 2 rings (SSSR count). The molecule has 1 aromatic carbocycles. The molecule has 0 bridgehead atoms. The van der Waals surface area contributed by atoms with E-state index >= 15 is 0 Å². The first-order chi connectivity index (χ1) is 11.7. The van der Waals surface area contributed by atoms with Crippen molar-refractivity contribution in [2.45, 2.75) is 33.0 Å². The van der Waals surface area contributed by atoms with Gasteiger partial charge in [-0.3, -0.25) is 15.1 Å². The Bertz CT molecular complexity index is 769. The van der Waals surface area contributed by atoms with E-state index in [1.54, 1.807) is 39.0 Å². The van der Waals surface area contributed by atoms with Gasteiger partial charge in [0.05, 0.1) is 11.8 Å². The molecule has 2 amide bonds. The fourth-order valence-corrected chi connectivity index (χ4v) is 1.96. The van der Waals surface area contributed by atoms with Crippen LogP contribution in [0.5, 0.6) is 5.75 Å². The van der Waals surface area contributed by atoms with Gasteiger partial charge in [0.15, 0.2) is 0 Å². The van der Waals surface area contributed by atoms with Gasteiger partial charge in [-0.05, 0) is 44.5 Å². The van der Waals surface area contributed by atoms with Gasteiger partial charge < -0.3 is 15.2 Å². The summed E-state index contributed by atoms with van der Waals surface area (Å²) in [5.74, 6) is -0.136. The second kappa shape index (κ2) is 7.65. The van der Waals surface area contributed by atoms with Gasteiger partial charge >= 0.3 is 6.09 Å². The van der Waals surface area contributed by atoms with Crippen LogP contribution in [0.3, 0.4) is 0 Å². The van der Waals surface area contributed by atoms with E-state index in [0.717, 1.165) is 5.56 Å². The van der Waals surface area contributed by atoms with E-state index in [1.807, 2.05) is 6.07 Å². The third-order valence-corrected chi connectivity index (χ3v) is 2.98. The molecule has 7 heteroatoms. The lowest BCUT2D eigenvalue weighted by atomic mass is 10.2. The number of primary amides is 1. The van der Waals surface area contributed by atoms with Crippen molar-refractivity contribution in [1.29, 1.82) is 0 Å². The molecule has 0 saturated carbocycles. The van der Waals surface area contributed by atoms with E-state index in [9.17, 15) is 9.59 Å². The van der Waals surface area contributed by atoms with E-state index in [0.29, 0.717) is 11.4 Å². The van der Waals surface area contributed by atoms with Crippen LogP contribution < -0.4 is 15.8 Å². The molecule has 1 aromatic heterocycles. The molecule has 7 nitrogen and oxygen atoms in total. The lowest BCUT2D eigenvalue weighted by Crippen LogP contribution is -2.27. The summed E-state index contributed by atoms with van der Waals surface area (Å²) in [7, 11) is 0. The summed E-state index contributed by atoms with van der Waals surface area (Å²) in [5.41, 5.74) is 6.35. The topological polar surface area (TPSA) is 104 Å². The summed E-state index contributed by atoms with van der Waals surface area (Å²) in [6.07, 6.45) is 2.35. The number of nitrogens with zero attached hydrogens (tertiary/aromatic N) is 1. The second-order valence-corrected chi connectivity index (χ2v) is 6.39. The number of carbonyl (C=O) groups excluding carboxylic acids is 2. The maximum absolute atomic E-state index is 11.8. The highest BCUT2D eigenvalue weighted by Crippen LogP contribution is 2.17. The van der Waals surface area contributed by atoms with Crippen molar-refractivity contribution in [2.24, 2.45) is 5.73 Å². The summed E-state index contributed by atoms with van der Waals surface area (Å²) < 4.78 is 10.8. The summed E-state index contributed by atoms with van der Waals surface area (Å²) in [6.45, 7) is 5.63. The SMILES string of the molecule is CC(C)(C)OC(=O)Nc1cccc(COc2cncc(C(N)=O)c2)c1. The van der Waals surface area contributed by atoms with Gasteiger partial charge in [-0.15, -0.1) is 0 Å². The maximum atomic E-state index is 11.8. The number of carbonyl (C=O) groups is 2. The highest BCUT2D eigenvalue weighted by Gasteiger charge is 2.16. The monoisotopic (exact) mass is 343 g/mol. The molecule has 0 unspecified atom stereocenters. The van der Waals surface area contributed by atoms with Crippen LogP contribution in [-0.2, 0) is 11.3 Å². The van der Waals surface area contributed by atoms with Crippen molar-refractivity contribution in [2.75, 3.05) is 5.32 Å². The molecule has 3 N–H and O–H groups in total. The van der Waals surface area contributed by atoms with Gasteiger partial charge in [-0.25, -0.2) is 4.79 Å². The highest BCUT2D eigenvalue weighted by atomic mass is 16.6. The lowest BCUT2D eigenvalue weighted by Gasteiger charge is -2.19. The molecule has 0 atom stereocenters. The molecule has 1 heterocycles. The van der Waals surface area contributed by atoms with Gasteiger partial charge in [-0.2, -0.15) is 0 Å². The molecule has 0 saturated heterocycles. The van der Waals surface area contributed by atoms with E-state index in [4.69, 9.17) is 15.2 Å². The van der Waals surface area contributed by atoms with Crippen LogP contribution in [0.25, 0.3) is 0 Å². The number of rotatable bonds is 5. The van der Waals surface area contributed by atoms with Crippen LogP contribution in [0, 0.1) is 0 Å². The molecule has 0 spiro atoms. The predicted molar refractivity (Wildman–Crippen MR) is 93.4 cm³/mol. The molecule has 0 radical (unpaired) electrons. The average Bonchev–Trinajstić information content (AvgIpc) is 2.51. The normalized spacial score (nSPS) is 10.8. The number of aromatic nitrogens is 1. The first kappa shape index (κ1) is 18.3. The van der Waals surface area contributed by atoms with Crippen LogP contribution in [0.2, 0.25) is 0 Å². The Morgan fingerprint density at radius 1 is 1.20 bits per heavy atom. The number of nitrogens with one attached hydrogen (secondary N) is 1. The van der Waals surface area contributed by atoms with Crippen LogP contribution >= 0.6 is 0 Å². The summed E-state index contributed by atoms with van der Waals surface area (Å²) in [5, 5.41) is 2.67. The van der Waals surface area contributed by atoms with Crippen molar-refractivity contribution in [3.63, 3.8) is 0 Å². The fourth-order valence-electron chi connectivity index (χ4n) is 1.96. The third kappa shape index (κ3) is 6.14. The maximum Gasteiger partial charge on any atom is 0.412 e. The molecule has 0 aliphatic carbocycles. The average molecular weight is 343 g/mol. The number of amides is 2. The Kier molecular flexibility index (Phi) is 5.59. The second-order valence-electron chi connectivity index (χ2n) is 6.39. The summed E-state index contributed by atoms with van der Waals surface area (Å²) in [6, 6.07) is 8.70. The third-order valence-electron chi connectivity index (χ3n) is 2.98. The van der Waals surface area contributed by atoms with E-state index in [2.05, 4.69) is 10.3 Å². The molecule has 0 fully saturated rings. The number of hydrogen-bond acceptors (Lipinski definition) is 5. The number of benzene rings is 1. The minimum absolute atomic E-state index is 0.244. The Labute approximate surface area is 146 Å². The Morgan fingerprint density at radius 2 is 1.96 bits per heavy atom. The zero-order chi connectivity index (χ0) is 18.4. The van der Waals surface area contributed by atoms with Crippen molar-refractivity contribution >= 4 is 17.7 Å². The first-order valence-electron chi connectivity index (χ1n) is 7.69. The number of hydrogen-bond donors (Lipinski definition) is 2.